The molecule has 0 aliphatic rings. The van der Waals surface area contributed by atoms with Crippen molar-refractivity contribution in [3.8, 4) is 0 Å². The summed E-state index contributed by atoms with van der Waals surface area (Å²) in [5.41, 5.74) is 0. The number of aromatic nitrogens is 3. The van der Waals surface area contributed by atoms with Gasteiger partial charge in [-0.2, -0.15) is 8.42 Å². The van der Waals surface area contributed by atoms with E-state index in [0.29, 0.717) is 4.09 Å². The molecule has 8 nitrogen and oxygen atoms in total. The van der Waals surface area contributed by atoms with Crippen LogP contribution in [0.1, 0.15) is 0 Å². The molecular formula is C8H6N4O4S. The van der Waals surface area contributed by atoms with Crippen LogP contribution in [0, 0.1) is 10.1 Å². The van der Waals surface area contributed by atoms with Gasteiger partial charge in [0.2, 0.25) is 6.33 Å². The molecule has 0 amide bonds. The van der Waals surface area contributed by atoms with Crippen LogP contribution in [-0.2, 0) is 10.0 Å². The first-order chi connectivity index (χ1) is 8.01. The van der Waals surface area contributed by atoms with Gasteiger partial charge in [0.05, 0.1) is 4.90 Å². The van der Waals surface area contributed by atoms with Crippen molar-refractivity contribution in [1.29, 1.82) is 0 Å². The summed E-state index contributed by atoms with van der Waals surface area (Å²) in [5, 5.41) is 13.6. The van der Waals surface area contributed by atoms with Gasteiger partial charge in [0.1, 0.15) is 0 Å². The standard InChI is InChI=1S/C8H6N4O4S/c13-12(14)8-9-6-11(10-8)17(15,16)7-4-2-1-3-5-7/h1-6H. The Morgan fingerprint density at radius 2 is 1.88 bits per heavy atom. The molecule has 0 unspecified atom stereocenters. The van der Waals surface area contributed by atoms with E-state index < -0.39 is 20.9 Å². The van der Waals surface area contributed by atoms with Gasteiger partial charge in [-0.25, -0.2) is 0 Å². The second-order valence-electron chi connectivity index (χ2n) is 2.99. The summed E-state index contributed by atoms with van der Waals surface area (Å²) >= 11 is 0. The number of benzene rings is 1. The average Bonchev–Trinajstić information content (AvgIpc) is 2.80. The second kappa shape index (κ2) is 3.94. The normalized spacial score (nSPS) is 11.3. The summed E-state index contributed by atoms with van der Waals surface area (Å²) in [5.74, 6) is -0.760. The predicted molar refractivity (Wildman–Crippen MR) is 55.7 cm³/mol. The quantitative estimate of drug-likeness (QED) is 0.580. The molecule has 0 atom stereocenters. The van der Waals surface area contributed by atoms with Gasteiger partial charge in [0.25, 0.3) is 10.0 Å². The van der Waals surface area contributed by atoms with Gasteiger partial charge in [0.15, 0.2) is 0 Å². The summed E-state index contributed by atoms with van der Waals surface area (Å²) in [4.78, 5) is 12.8. The molecule has 9 heteroatoms. The van der Waals surface area contributed by atoms with E-state index in [1.54, 1.807) is 6.07 Å². The minimum absolute atomic E-state index is 0.0141. The molecule has 2 aromatic rings. The molecule has 1 heterocycles. The first kappa shape index (κ1) is 11.2. The zero-order chi connectivity index (χ0) is 12.5. The largest absolute Gasteiger partial charge is 0.492 e. The van der Waals surface area contributed by atoms with E-state index in [-0.39, 0.29) is 4.90 Å². The lowest BCUT2D eigenvalue weighted by Gasteiger charge is -1.98. The van der Waals surface area contributed by atoms with Crippen molar-refractivity contribution >= 4 is 16.0 Å². The van der Waals surface area contributed by atoms with Crippen LogP contribution in [0.15, 0.2) is 41.6 Å². The maximum atomic E-state index is 11.9. The SMILES string of the molecule is O=[N+]([O-])c1ncn(S(=O)(=O)c2ccccc2)n1. The molecule has 17 heavy (non-hydrogen) atoms. The van der Waals surface area contributed by atoms with Crippen molar-refractivity contribution < 1.29 is 13.3 Å². The molecule has 88 valence electrons. The van der Waals surface area contributed by atoms with E-state index in [1.807, 2.05) is 0 Å². The van der Waals surface area contributed by atoms with E-state index in [4.69, 9.17) is 0 Å². The molecule has 1 aromatic heterocycles. The molecule has 0 aliphatic carbocycles. The minimum atomic E-state index is -3.91. The Bertz CT molecular complexity index is 649. The first-order valence-electron chi connectivity index (χ1n) is 4.38. The van der Waals surface area contributed by atoms with Gasteiger partial charge in [0, 0.05) is 5.10 Å². The molecule has 0 spiro atoms. The highest BCUT2D eigenvalue weighted by atomic mass is 32.2. The van der Waals surface area contributed by atoms with Gasteiger partial charge in [-0.05, 0) is 22.0 Å². The van der Waals surface area contributed by atoms with E-state index in [0.717, 1.165) is 6.33 Å². The second-order valence-corrected chi connectivity index (χ2v) is 4.79. The average molecular weight is 254 g/mol. The third kappa shape index (κ3) is 1.99. The molecular weight excluding hydrogens is 248 g/mol. The Morgan fingerprint density at radius 1 is 1.24 bits per heavy atom. The molecule has 0 saturated heterocycles. The van der Waals surface area contributed by atoms with Crippen LogP contribution >= 0.6 is 0 Å². The highest BCUT2D eigenvalue weighted by Gasteiger charge is 2.24. The highest BCUT2D eigenvalue weighted by Crippen LogP contribution is 2.12. The highest BCUT2D eigenvalue weighted by molar-refractivity contribution is 7.89. The molecule has 0 aliphatic heterocycles. The summed E-state index contributed by atoms with van der Waals surface area (Å²) in [6.45, 7) is 0. The molecule has 0 saturated carbocycles. The van der Waals surface area contributed by atoms with Crippen molar-refractivity contribution in [2.24, 2.45) is 0 Å². The Labute approximate surface area is 95.7 Å². The van der Waals surface area contributed by atoms with Crippen LogP contribution in [-0.4, -0.2) is 27.5 Å². The molecule has 1 aromatic carbocycles. The van der Waals surface area contributed by atoms with Crippen molar-refractivity contribution in [1.82, 2.24) is 14.2 Å². The Morgan fingerprint density at radius 3 is 2.41 bits per heavy atom. The fourth-order valence-corrected chi connectivity index (χ4v) is 2.21. The van der Waals surface area contributed by atoms with E-state index in [2.05, 4.69) is 10.1 Å². The van der Waals surface area contributed by atoms with Crippen molar-refractivity contribution in [2.45, 2.75) is 4.90 Å². The van der Waals surface area contributed by atoms with Crippen molar-refractivity contribution in [3.05, 3.63) is 46.8 Å². The summed E-state index contributed by atoms with van der Waals surface area (Å²) in [6.07, 6.45) is 0.792. The number of hydrogen-bond acceptors (Lipinski definition) is 6. The summed E-state index contributed by atoms with van der Waals surface area (Å²) < 4.78 is 24.3. The van der Waals surface area contributed by atoms with Crippen molar-refractivity contribution in [2.75, 3.05) is 0 Å². The number of nitro groups is 1. The van der Waals surface area contributed by atoms with Crippen LogP contribution in [0.5, 0.6) is 0 Å². The lowest BCUT2D eigenvalue weighted by atomic mass is 10.4. The number of nitrogens with zero attached hydrogens (tertiary/aromatic N) is 4. The molecule has 2 rings (SSSR count). The van der Waals surface area contributed by atoms with Crippen LogP contribution in [0.25, 0.3) is 0 Å². The topological polar surface area (TPSA) is 108 Å². The van der Waals surface area contributed by atoms with Crippen LogP contribution in [0.2, 0.25) is 0 Å². The maximum Gasteiger partial charge on any atom is 0.492 e. The third-order valence-corrected chi connectivity index (χ3v) is 3.45. The number of hydrogen-bond donors (Lipinski definition) is 0. The van der Waals surface area contributed by atoms with Gasteiger partial charge in [-0.15, -0.1) is 0 Å². The van der Waals surface area contributed by atoms with Gasteiger partial charge < -0.3 is 10.1 Å². The van der Waals surface area contributed by atoms with Crippen molar-refractivity contribution in [3.63, 3.8) is 0 Å². The predicted octanol–water partition coefficient (Wildman–Crippen LogP) is 0.423. The Hall–Kier alpha value is -2.29. The van der Waals surface area contributed by atoms with E-state index >= 15 is 0 Å². The van der Waals surface area contributed by atoms with Gasteiger partial charge in [-0.3, -0.25) is 0 Å². The first-order valence-corrected chi connectivity index (χ1v) is 5.82. The monoisotopic (exact) mass is 254 g/mol. The smallest absolute Gasteiger partial charge is 0.390 e. The third-order valence-electron chi connectivity index (χ3n) is 1.91. The van der Waals surface area contributed by atoms with E-state index in [9.17, 15) is 18.5 Å². The minimum Gasteiger partial charge on any atom is -0.390 e. The molecule has 0 N–H and O–H groups in total. The zero-order valence-electron chi connectivity index (χ0n) is 8.29. The van der Waals surface area contributed by atoms with Crippen LogP contribution < -0.4 is 0 Å². The Kier molecular flexibility index (Phi) is 2.60. The maximum absolute atomic E-state index is 11.9. The summed E-state index contributed by atoms with van der Waals surface area (Å²) in [7, 11) is -3.91. The van der Waals surface area contributed by atoms with Crippen LogP contribution in [0.4, 0.5) is 5.95 Å². The Balaban J connectivity index is 2.49. The zero-order valence-corrected chi connectivity index (χ0v) is 9.11. The molecule has 0 fully saturated rings. The fraction of sp³-hybridized carbons (Fsp3) is 0. The van der Waals surface area contributed by atoms with Gasteiger partial charge >= 0.3 is 5.95 Å². The number of rotatable bonds is 3. The summed E-state index contributed by atoms with van der Waals surface area (Å²) in [6, 6.07) is 7.46. The molecule has 0 bridgehead atoms. The lowest BCUT2D eigenvalue weighted by Crippen LogP contribution is -2.13. The van der Waals surface area contributed by atoms with Crippen LogP contribution in [0.3, 0.4) is 0 Å². The fourth-order valence-electron chi connectivity index (χ4n) is 1.14. The lowest BCUT2D eigenvalue weighted by molar-refractivity contribution is -0.394. The van der Waals surface area contributed by atoms with E-state index in [1.165, 1.54) is 24.3 Å². The van der Waals surface area contributed by atoms with Gasteiger partial charge in [-0.1, -0.05) is 22.3 Å². The molecule has 0 radical (unpaired) electrons.